The number of hydrogen-bond acceptors (Lipinski definition) is 7. The number of hydrogen-bond donors (Lipinski definition) is 2. The van der Waals surface area contributed by atoms with Crippen molar-refractivity contribution in [3.05, 3.63) is 91.1 Å². The minimum absolute atomic E-state index is 0. The Morgan fingerprint density at radius 1 is 0.703 bits per heavy atom. The molecule has 37 heavy (non-hydrogen) atoms. The van der Waals surface area contributed by atoms with Crippen LogP contribution in [0.1, 0.15) is 19.3 Å². The van der Waals surface area contributed by atoms with E-state index in [0.29, 0.717) is 18.4 Å². The number of benzene rings is 3. The summed E-state index contributed by atoms with van der Waals surface area (Å²) in [6.45, 7) is 4.07. The first-order valence-electron chi connectivity index (χ1n) is 12.5. The second kappa shape index (κ2) is 13.5. The maximum Gasteiger partial charge on any atom is 0.229 e. The number of para-hydroxylation sites is 1. The van der Waals surface area contributed by atoms with Gasteiger partial charge in [-0.15, -0.1) is 12.4 Å². The second-order valence-corrected chi connectivity index (χ2v) is 8.73. The molecule has 1 aliphatic heterocycles. The molecule has 1 aliphatic rings. The molecule has 2 heterocycles. The quantitative estimate of drug-likeness (QED) is 0.233. The summed E-state index contributed by atoms with van der Waals surface area (Å²) in [4.78, 5) is 11.4. The van der Waals surface area contributed by atoms with Gasteiger partial charge in [-0.05, 0) is 92.7 Å². The molecule has 5 rings (SSSR count). The molecule has 0 unspecified atom stereocenters. The third kappa shape index (κ3) is 8.10. The summed E-state index contributed by atoms with van der Waals surface area (Å²) in [5.74, 6) is 3.66. The van der Waals surface area contributed by atoms with E-state index in [0.717, 1.165) is 35.2 Å². The van der Waals surface area contributed by atoms with Crippen molar-refractivity contribution in [2.45, 2.75) is 19.3 Å². The van der Waals surface area contributed by atoms with Crippen LogP contribution in [0.15, 0.2) is 91.1 Å². The summed E-state index contributed by atoms with van der Waals surface area (Å²) in [6, 6.07) is 27.2. The van der Waals surface area contributed by atoms with Gasteiger partial charge in [-0.3, -0.25) is 4.90 Å². The third-order valence-corrected chi connectivity index (χ3v) is 6.00. The van der Waals surface area contributed by atoms with Crippen LogP contribution < -0.4 is 20.1 Å². The molecule has 192 valence electrons. The zero-order valence-electron chi connectivity index (χ0n) is 20.7. The van der Waals surface area contributed by atoms with Crippen LogP contribution in [0.25, 0.3) is 0 Å². The summed E-state index contributed by atoms with van der Waals surface area (Å²) in [5.41, 5.74) is 1.81. The maximum absolute atomic E-state index is 5.92. The van der Waals surface area contributed by atoms with E-state index in [4.69, 9.17) is 9.47 Å². The van der Waals surface area contributed by atoms with Crippen LogP contribution in [-0.2, 0) is 0 Å². The maximum atomic E-state index is 5.92. The molecule has 8 heteroatoms. The number of nitrogens with zero attached hydrogens (tertiary/aromatic N) is 3. The van der Waals surface area contributed by atoms with Crippen LogP contribution in [0.5, 0.6) is 17.2 Å². The van der Waals surface area contributed by atoms with Crippen molar-refractivity contribution in [3.8, 4) is 17.2 Å². The van der Waals surface area contributed by atoms with E-state index >= 15 is 0 Å². The average Bonchev–Trinajstić information content (AvgIpc) is 2.92. The molecule has 2 N–H and O–H groups in total. The van der Waals surface area contributed by atoms with Gasteiger partial charge in [0.15, 0.2) is 0 Å². The fraction of sp³-hybridized carbons (Fsp3) is 0.241. The van der Waals surface area contributed by atoms with Gasteiger partial charge in [-0.25, -0.2) is 4.98 Å². The zero-order valence-corrected chi connectivity index (χ0v) is 21.5. The van der Waals surface area contributed by atoms with E-state index in [1.165, 1.54) is 32.4 Å². The molecule has 1 aromatic heterocycles. The fourth-order valence-electron chi connectivity index (χ4n) is 4.11. The molecule has 0 radical (unpaired) electrons. The lowest BCUT2D eigenvalue weighted by Crippen LogP contribution is -2.33. The Morgan fingerprint density at radius 3 is 2.08 bits per heavy atom. The van der Waals surface area contributed by atoms with E-state index in [1.807, 2.05) is 84.9 Å². The van der Waals surface area contributed by atoms with Gasteiger partial charge in [0.05, 0.1) is 0 Å². The highest BCUT2D eigenvalue weighted by Crippen LogP contribution is 2.24. The average molecular weight is 518 g/mol. The Bertz CT molecular complexity index is 1220. The van der Waals surface area contributed by atoms with E-state index in [9.17, 15) is 0 Å². The van der Waals surface area contributed by atoms with Crippen molar-refractivity contribution in [2.75, 3.05) is 36.9 Å². The molecule has 0 saturated carbocycles. The van der Waals surface area contributed by atoms with Crippen molar-refractivity contribution < 1.29 is 9.47 Å². The number of rotatable bonds is 10. The van der Waals surface area contributed by atoms with Crippen molar-refractivity contribution in [1.82, 2.24) is 14.9 Å². The van der Waals surface area contributed by atoms with Gasteiger partial charge in [0, 0.05) is 24.1 Å². The minimum atomic E-state index is 0. The summed E-state index contributed by atoms with van der Waals surface area (Å²) in [5, 5.41) is 6.57. The standard InChI is InChI=1S/C29H31N5O2.ClH/c1-3-7-26(8-4-1)36-27-15-11-23(12-16-27)31-28-17-18-30-29(33-28)32-24-9-13-25(14-10-24)35-22-21-34-19-5-2-6-20-34;/h1,3-4,7-18H,2,5-6,19-22H2,(H2,30,31,32,33);1H. The predicted molar refractivity (Wildman–Crippen MR) is 151 cm³/mol. The number of nitrogens with one attached hydrogen (secondary N) is 2. The van der Waals surface area contributed by atoms with Crippen LogP contribution in [0.2, 0.25) is 0 Å². The molecule has 3 aromatic carbocycles. The molecule has 1 saturated heterocycles. The molecular weight excluding hydrogens is 486 g/mol. The Morgan fingerprint density at radius 2 is 1.35 bits per heavy atom. The first-order valence-corrected chi connectivity index (χ1v) is 12.5. The smallest absolute Gasteiger partial charge is 0.229 e. The molecular formula is C29H32ClN5O2. The topological polar surface area (TPSA) is 71.5 Å². The van der Waals surface area contributed by atoms with Crippen molar-refractivity contribution in [1.29, 1.82) is 0 Å². The lowest BCUT2D eigenvalue weighted by molar-refractivity contribution is 0.183. The van der Waals surface area contributed by atoms with Crippen LogP contribution in [-0.4, -0.2) is 41.1 Å². The van der Waals surface area contributed by atoms with Gasteiger partial charge in [0.2, 0.25) is 5.95 Å². The van der Waals surface area contributed by atoms with E-state index in [-0.39, 0.29) is 12.4 Å². The highest BCUT2D eigenvalue weighted by Gasteiger charge is 2.09. The Balaban J connectivity index is 0.00000320. The monoisotopic (exact) mass is 517 g/mol. The number of halogens is 1. The lowest BCUT2D eigenvalue weighted by Gasteiger charge is -2.26. The zero-order chi connectivity index (χ0) is 24.4. The van der Waals surface area contributed by atoms with Gasteiger partial charge in [0.25, 0.3) is 0 Å². The summed E-state index contributed by atoms with van der Waals surface area (Å²) in [6.07, 6.45) is 5.68. The van der Waals surface area contributed by atoms with Gasteiger partial charge in [0.1, 0.15) is 29.7 Å². The number of aromatic nitrogens is 2. The lowest BCUT2D eigenvalue weighted by atomic mass is 10.1. The summed E-state index contributed by atoms with van der Waals surface area (Å²) < 4.78 is 11.8. The van der Waals surface area contributed by atoms with E-state index in [1.54, 1.807) is 6.20 Å². The van der Waals surface area contributed by atoms with Crippen LogP contribution in [0, 0.1) is 0 Å². The molecule has 0 aliphatic carbocycles. The van der Waals surface area contributed by atoms with Crippen LogP contribution in [0.4, 0.5) is 23.1 Å². The Hall–Kier alpha value is -3.81. The Kier molecular flexibility index (Phi) is 9.57. The number of ether oxygens (including phenoxy) is 2. The molecule has 7 nitrogen and oxygen atoms in total. The molecule has 0 amide bonds. The van der Waals surface area contributed by atoms with Crippen LogP contribution in [0.3, 0.4) is 0 Å². The highest BCUT2D eigenvalue weighted by atomic mass is 35.5. The summed E-state index contributed by atoms with van der Waals surface area (Å²) in [7, 11) is 0. The SMILES string of the molecule is Cl.c1ccc(Oc2ccc(Nc3ccnc(Nc4ccc(OCCN5CCCCC5)cc4)n3)cc2)cc1. The predicted octanol–water partition coefficient (Wildman–Crippen LogP) is 7.04. The molecule has 0 atom stereocenters. The number of likely N-dealkylation sites (tertiary alicyclic amines) is 1. The van der Waals surface area contributed by atoms with E-state index < -0.39 is 0 Å². The first kappa shape index (κ1) is 26.3. The Labute approximate surface area is 224 Å². The normalized spacial score (nSPS) is 13.3. The summed E-state index contributed by atoms with van der Waals surface area (Å²) >= 11 is 0. The fourth-order valence-corrected chi connectivity index (χ4v) is 4.11. The van der Waals surface area contributed by atoms with E-state index in [2.05, 4.69) is 25.5 Å². The third-order valence-electron chi connectivity index (χ3n) is 6.00. The molecule has 0 bridgehead atoms. The van der Waals surface area contributed by atoms with Gasteiger partial charge >= 0.3 is 0 Å². The van der Waals surface area contributed by atoms with Gasteiger partial charge in [-0.2, -0.15) is 4.98 Å². The highest BCUT2D eigenvalue weighted by molar-refractivity contribution is 5.85. The largest absolute Gasteiger partial charge is 0.492 e. The van der Waals surface area contributed by atoms with Crippen LogP contribution >= 0.6 is 12.4 Å². The number of anilines is 4. The van der Waals surface area contributed by atoms with Gasteiger partial charge < -0.3 is 20.1 Å². The number of piperidine rings is 1. The molecule has 4 aromatic rings. The minimum Gasteiger partial charge on any atom is -0.492 e. The molecule has 0 spiro atoms. The molecule has 1 fully saturated rings. The van der Waals surface area contributed by atoms with Gasteiger partial charge in [-0.1, -0.05) is 24.6 Å². The van der Waals surface area contributed by atoms with Crippen molar-refractivity contribution in [3.63, 3.8) is 0 Å². The second-order valence-electron chi connectivity index (χ2n) is 8.73. The van der Waals surface area contributed by atoms with Crippen molar-refractivity contribution >= 4 is 35.5 Å². The first-order chi connectivity index (χ1) is 17.8. The van der Waals surface area contributed by atoms with Crippen molar-refractivity contribution in [2.24, 2.45) is 0 Å².